The molecule has 6 heteroatoms. The van der Waals surface area contributed by atoms with Gasteiger partial charge in [0.15, 0.2) is 0 Å². The van der Waals surface area contributed by atoms with Crippen LogP contribution in [0.1, 0.15) is 22.8 Å². The van der Waals surface area contributed by atoms with E-state index in [-0.39, 0.29) is 17.9 Å². The third-order valence-corrected chi connectivity index (χ3v) is 1.95. The highest BCUT2D eigenvalue weighted by atomic mass is 16.5. The highest BCUT2D eigenvalue weighted by molar-refractivity contribution is 5.97. The van der Waals surface area contributed by atoms with Gasteiger partial charge in [-0.1, -0.05) is 11.6 Å². The number of phenols is 1. The summed E-state index contributed by atoms with van der Waals surface area (Å²) in [5, 5.41) is 9.47. The Morgan fingerprint density at radius 1 is 1.35 bits per heavy atom. The summed E-state index contributed by atoms with van der Waals surface area (Å²) in [5.41, 5.74) is 5.09. The summed E-state index contributed by atoms with van der Waals surface area (Å²) in [6.07, 6.45) is -0.756. The van der Waals surface area contributed by atoms with Crippen LogP contribution in [0.3, 0.4) is 0 Å². The third-order valence-electron chi connectivity index (χ3n) is 1.95. The van der Waals surface area contributed by atoms with Crippen molar-refractivity contribution in [3.63, 3.8) is 0 Å². The summed E-state index contributed by atoms with van der Waals surface area (Å²) >= 11 is 0. The van der Waals surface area contributed by atoms with E-state index in [2.05, 4.69) is 15.6 Å². The number of rotatable bonds is 2. The molecule has 0 heterocycles. The van der Waals surface area contributed by atoms with E-state index in [0.717, 1.165) is 5.56 Å². The lowest BCUT2D eigenvalue weighted by Crippen LogP contribution is -2.41. The van der Waals surface area contributed by atoms with Crippen molar-refractivity contribution in [1.29, 1.82) is 0 Å². The lowest BCUT2D eigenvalue weighted by Gasteiger charge is -2.08. The van der Waals surface area contributed by atoms with Crippen molar-refractivity contribution in [3.8, 4) is 5.75 Å². The highest BCUT2D eigenvalue weighted by Gasteiger charge is 2.12. The standard InChI is InChI=1S/C11H14N2O4/c1-3-17-11(16)13-12-10(15)8-6-7(2)4-5-9(8)14/h4-6,14H,3H2,1-2H3,(H,12,15)(H,13,16). The summed E-state index contributed by atoms with van der Waals surface area (Å²) in [6.45, 7) is 3.64. The van der Waals surface area contributed by atoms with Gasteiger partial charge in [-0.25, -0.2) is 10.2 Å². The van der Waals surface area contributed by atoms with Gasteiger partial charge in [-0.2, -0.15) is 0 Å². The first kappa shape index (κ1) is 12.8. The van der Waals surface area contributed by atoms with Crippen LogP contribution < -0.4 is 10.9 Å². The van der Waals surface area contributed by atoms with Crippen molar-refractivity contribution in [2.75, 3.05) is 6.61 Å². The molecule has 0 radical (unpaired) electrons. The Morgan fingerprint density at radius 2 is 2.06 bits per heavy atom. The molecule has 3 N–H and O–H groups in total. The molecule has 92 valence electrons. The maximum Gasteiger partial charge on any atom is 0.426 e. The molecule has 6 nitrogen and oxygen atoms in total. The Labute approximate surface area is 98.6 Å². The van der Waals surface area contributed by atoms with Crippen LogP contribution >= 0.6 is 0 Å². The minimum Gasteiger partial charge on any atom is -0.507 e. The number of nitrogens with one attached hydrogen (secondary N) is 2. The molecule has 0 saturated carbocycles. The van der Waals surface area contributed by atoms with E-state index in [1.54, 1.807) is 19.9 Å². The van der Waals surface area contributed by atoms with Crippen LogP contribution in [0.25, 0.3) is 0 Å². The van der Waals surface area contributed by atoms with E-state index in [4.69, 9.17) is 0 Å². The van der Waals surface area contributed by atoms with E-state index in [0.29, 0.717) is 0 Å². The molecule has 0 aliphatic carbocycles. The van der Waals surface area contributed by atoms with Crippen LogP contribution in [0.4, 0.5) is 4.79 Å². The van der Waals surface area contributed by atoms with Crippen LogP contribution in [0.15, 0.2) is 18.2 Å². The molecule has 1 aromatic carbocycles. The topological polar surface area (TPSA) is 87.7 Å². The molecule has 1 aromatic rings. The Morgan fingerprint density at radius 3 is 2.71 bits per heavy atom. The van der Waals surface area contributed by atoms with Crippen molar-refractivity contribution < 1.29 is 19.4 Å². The van der Waals surface area contributed by atoms with Crippen LogP contribution in [-0.4, -0.2) is 23.7 Å². The molecule has 0 atom stereocenters. The fourth-order valence-corrected chi connectivity index (χ4v) is 1.17. The smallest absolute Gasteiger partial charge is 0.426 e. The zero-order valence-electron chi connectivity index (χ0n) is 9.61. The van der Waals surface area contributed by atoms with Gasteiger partial charge in [0, 0.05) is 0 Å². The number of aryl methyl sites for hydroxylation is 1. The SMILES string of the molecule is CCOC(=O)NNC(=O)c1cc(C)ccc1O. The van der Waals surface area contributed by atoms with E-state index in [9.17, 15) is 14.7 Å². The first-order valence-corrected chi connectivity index (χ1v) is 5.07. The molecule has 0 aromatic heterocycles. The van der Waals surface area contributed by atoms with Crippen molar-refractivity contribution in [1.82, 2.24) is 10.9 Å². The number of carbonyl (C=O) groups is 2. The molecule has 1 rings (SSSR count). The van der Waals surface area contributed by atoms with Gasteiger partial charge in [-0.15, -0.1) is 0 Å². The van der Waals surface area contributed by atoms with Crippen LogP contribution in [0.2, 0.25) is 0 Å². The highest BCUT2D eigenvalue weighted by Crippen LogP contribution is 2.17. The molecule has 0 fully saturated rings. The first-order chi connectivity index (χ1) is 8.04. The average molecular weight is 238 g/mol. The number of hydrazine groups is 1. The van der Waals surface area contributed by atoms with Gasteiger partial charge in [0.05, 0.1) is 12.2 Å². The minimum atomic E-state index is -0.756. The second kappa shape index (κ2) is 5.74. The normalized spacial score (nSPS) is 9.53. The van der Waals surface area contributed by atoms with Crippen molar-refractivity contribution in [2.24, 2.45) is 0 Å². The maximum absolute atomic E-state index is 11.6. The third kappa shape index (κ3) is 3.67. The molecule has 2 amide bonds. The number of phenolic OH excluding ortho intramolecular Hbond substituents is 1. The molecule has 0 aliphatic heterocycles. The van der Waals surface area contributed by atoms with Gasteiger partial charge in [0.25, 0.3) is 5.91 Å². The second-order valence-electron chi connectivity index (χ2n) is 3.32. The van der Waals surface area contributed by atoms with E-state index < -0.39 is 12.0 Å². The molecule has 0 spiro atoms. The zero-order valence-corrected chi connectivity index (χ0v) is 9.61. The predicted molar refractivity (Wildman–Crippen MR) is 60.5 cm³/mol. The van der Waals surface area contributed by atoms with E-state index in [1.165, 1.54) is 12.1 Å². The fraction of sp³-hybridized carbons (Fsp3) is 0.273. The molecule has 17 heavy (non-hydrogen) atoms. The van der Waals surface area contributed by atoms with Crippen molar-refractivity contribution >= 4 is 12.0 Å². The quantitative estimate of drug-likeness (QED) is 0.673. The monoisotopic (exact) mass is 238 g/mol. The predicted octanol–water partition coefficient (Wildman–Crippen LogP) is 1.09. The summed E-state index contributed by atoms with van der Waals surface area (Å²) in [5.74, 6) is -0.766. The largest absolute Gasteiger partial charge is 0.507 e. The minimum absolute atomic E-state index is 0.0850. The number of ether oxygens (including phenoxy) is 1. The van der Waals surface area contributed by atoms with Crippen molar-refractivity contribution in [3.05, 3.63) is 29.3 Å². The molecule has 0 aliphatic rings. The summed E-state index contributed by atoms with van der Waals surface area (Å²) in [7, 11) is 0. The summed E-state index contributed by atoms with van der Waals surface area (Å²) in [4.78, 5) is 22.5. The number of aromatic hydroxyl groups is 1. The number of carbonyl (C=O) groups excluding carboxylic acids is 2. The molecular weight excluding hydrogens is 224 g/mol. The molecular formula is C11H14N2O4. The summed E-state index contributed by atoms with van der Waals surface area (Å²) < 4.78 is 4.55. The number of hydrogen-bond donors (Lipinski definition) is 3. The fourth-order valence-electron chi connectivity index (χ4n) is 1.17. The van der Waals surface area contributed by atoms with E-state index >= 15 is 0 Å². The average Bonchev–Trinajstić information content (AvgIpc) is 2.29. The van der Waals surface area contributed by atoms with Crippen molar-refractivity contribution in [2.45, 2.75) is 13.8 Å². The second-order valence-corrected chi connectivity index (χ2v) is 3.32. The zero-order chi connectivity index (χ0) is 12.8. The van der Waals surface area contributed by atoms with Gasteiger partial charge in [0.2, 0.25) is 0 Å². The molecule has 0 unspecified atom stereocenters. The lowest BCUT2D eigenvalue weighted by molar-refractivity contribution is 0.0910. The van der Waals surface area contributed by atoms with Gasteiger partial charge in [0.1, 0.15) is 5.75 Å². The Hall–Kier alpha value is -2.24. The molecule has 0 saturated heterocycles. The first-order valence-electron chi connectivity index (χ1n) is 5.07. The Kier molecular flexibility index (Phi) is 4.33. The van der Waals surface area contributed by atoms with E-state index in [1.807, 2.05) is 0 Å². The number of amides is 2. The van der Waals surface area contributed by atoms with Gasteiger partial charge in [-0.3, -0.25) is 10.2 Å². The van der Waals surface area contributed by atoms with Gasteiger partial charge in [-0.05, 0) is 26.0 Å². The molecule has 0 bridgehead atoms. The van der Waals surface area contributed by atoms with Crippen LogP contribution in [-0.2, 0) is 4.74 Å². The number of benzene rings is 1. The maximum atomic E-state index is 11.6. The van der Waals surface area contributed by atoms with Gasteiger partial charge >= 0.3 is 6.09 Å². The van der Waals surface area contributed by atoms with Crippen LogP contribution in [0.5, 0.6) is 5.75 Å². The Balaban J connectivity index is 2.64. The number of hydrogen-bond acceptors (Lipinski definition) is 4. The van der Waals surface area contributed by atoms with Crippen LogP contribution in [0, 0.1) is 6.92 Å². The van der Waals surface area contributed by atoms with Gasteiger partial charge < -0.3 is 9.84 Å². The Bertz CT molecular complexity index is 431. The lowest BCUT2D eigenvalue weighted by atomic mass is 10.1. The summed E-state index contributed by atoms with van der Waals surface area (Å²) in [6, 6.07) is 4.59.